The molecule has 6 nitrogen and oxygen atoms in total. The molecule has 0 saturated heterocycles. The number of pyridine rings is 1. The highest BCUT2D eigenvalue weighted by Gasteiger charge is 2.14. The van der Waals surface area contributed by atoms with E-state index < -0.39 is 0 Å². The molecule has 6 heteroatoms. The first-order valence-corrected chi connectivity index (χ1v) is 6.84. The van der Waals surface area contributed by atoms with Gasteiger partial charge in [-0.3, -0.25) is 0 Å². The van der Waals surface area contributed by atoms with Crippen LogP contribution in [0.1, 0.15) is 12.5 Å². The summed E-state index contributed by atoms with van der Waals surface area (Å²) in [6, 6.07) is 9.62. The van der Waals surface area contributed by atoms with E-state index in [0.29, 0.717) is 31.1 Å². The number of nitrogens with two attached hydrogens (primary N) is 1. The summed E-state index contributed by atoms with van der Waals surface area (Å²) in [5.41, 5.74) is 7.25. The molecule has 21 heavy (non-hydrogen) atoms. The Hall–Kier alpha value is -2.34. The summed E-state index contributed by atoms with van der Waals surface area (Å²) in [6.45, 7) is 3.89. The third-order valence-electron chi connectivity index (χ3n) is 3.22. The number of benzene rings is 1. The van der Waals surface area contributed by atoms with Gasteiger partial charge in [-0.2, -0.15) is 0 Å². The van der Waals surface area contributed by atoms with Crippen LogP contribution < -0.4 is 10.6 Å². The van der Waals surface area contributed by atoms with Gasteiger partial charge in [0.2, 0.25) is 0 Å². The minimum atomic E-state index is 0.0477. The Bertz CT molecular complexity index is 643. The third-order valence-corrected chi connectivity index (χ3v) is 3.22. The van der Waals surface area contributed by atoms with Gasteiger partial charge in [-0.1, -0.05) is 23.4 Å². The Morgan fingerprint density at radius 1 is 1.43 bits per heavy atom. The van der Waals surface area contributed by atoms with Gasteiger partial charge in [0, 0.05) is 25.6 Å². The molecule has 0 aliphatic heterocycles. The SMILES string of the molecule is CCOCCN(C)c1nc2ccccc2cc1/C(N)=N/O. The Labute approximate surface area is 123 Å². The average Bonchev–Trinajstić information content (AvgIpc) is 2.53. The van der Waals surface area contributed by atoms with Crippen LogP contribution in [0.2, 0.25) is 0 Å². The lowest BCUT2D eigenvalue weighted by molar-refractivity contribution is 0.154. The topological polar surface area (TPSA) is 84.0 Å². The van der Waals surface area contributed by atoms with E-state index in [2.05, 4.69) is 10.1 Å². The maximum absolute atomic E-state index is 8.97. The lowest BCUT2D eigenvalue weighted by Crippen LogP contribution is -2.27. The largest absolute Gasteiger partial charge is 0.409 e. The van der Waals surface area contributed by atoms with E-state index in [1.165, 1.54) is 0 Å². The van der Waals surface area contributed by atoms with Crippen molar-refractivity contribution in [3.05, 3.63) is 35.9 Å². The van der Waals surface area contributed by atoms with Gasteiger partial charge in [-0.05, 0) is 19.1 Å². The number of hydrogen-bond donors (Lipinski definition) is 2. The molecule has 1 aromatic carbocycles. The second-order valence-electron chi connectivity index (χ2n) is 4.66. The molecule has 2 aromatic rings. The monoisotopic (exact) mass is 288 g/mol. The van der Waals surface area contributed by atoms with Crippen LogP contribution in [0, 0.1) is 0 Å². The summed E-state index contributed by atoms with van der Waals surface area (Å²) in [5.74, 6) is 0.718. The van der Waals surface area contributed by atoms with E-state index in [0.717, 1.165) is 10.9 Å². The number of anilines is 1. The van der Waals surface area contributed by atoms with E-state index in [4.69, 9.17) is 15.7 Å². The zero-order valence-electron chi connectivity index (χ0n) is 12.3. The van der Waals surface area contributed by atoms with Crippen LogP contribution in [0.5, 0.6) is 0 Å². The molecule has 2 rings (SSSR count). The summed E-state index contributed by atoms with van der Waals surface area (Å²) in [7, 11) is 1.91. The van der Waals surface area contributed by atoms with Crippen molar-refractivity contribution in [3.63, 3.8) is 0 Å². The van der Waals surface area contributed by atoms with Crippen LogP contribution >= 0.6 is 0 Å². The average molecular weight is 288 g/mol. The number of nitrogens with zero attached hydrogens (tertiary/aromatic N) is 3. The molecule has 0 spiro atoms. The summed E-state index contributed by atoms with van der Waals surface area (Å²) in [4.78, 5) is 6.56. The van der Waals surface area contributed by atoms with Crippen LogP contribution in [0.15, 0.2) is 35.5 Å². The standard InChI is InChI=1S/C15H20N4O2/c1-3-21-9-8-19(2)15-12(14(16)18-20)10-11-6-4-5-7-13(11)17-15/h4-7,10,20H,3,8-9H2,1-2H3,(H2,16,18). The van der Waals surface area contributed by atoms with Gasteiger partial charge in [0.25, 0.3) is 0 Å². The molecule has 0 bridgehead atoms. The number of amidine groups is 1. The van der Waals surface area contributed by atoms with Crippen LogP contribution in [0.3, 0.4) is 0 Å². The number of ether oxygens (including phenoxy) is 1. The zero-order valence-corrected chi connectivity index (χ0v) is 12.3. The number of likely N-dealkylation sites (N-methyl/N-ethyl adjacent to an activating group) is 1. The lowest BCUT2D eigenvalue weighted by atomic mass is 10.1. The fourth-order valence-corrected chi connectivity index (χ4v) is 2.09. The highest BCUT2D eigenvalue weighted by atomic mass is 16.5. The van der Waals surface area contributed by atoms with E-state index in [1.807, 2.05) is 49.2 Å². The Kier molecular flexibility index (Phi) is 4.94. The number of para-hydroxylation sites is 1. The van der Waals surface area contributed by atoms with E-state index in [1.54, 1.807) is 0 Å². The van der Waals surface area contributed by atoms with Crippen molar-refractivity contribution in [2.24, 2.45) is 10.9 Å². The highest BCUT2D eigenvalue weighted by Crippen LogP contribution is 2.22. The minimum absolute atomic E-state index is 0.0477. The quantitative estimate of drug-likeness (QED) is 0.278. The van der Waals surface area contributed by atoms with E-state index >= 15 is 0 Å². The molecule has 0 radical (unpaired) electrons. The molecule has 1 aromatic heterocycles. The van der Waals surface area contributed by atoms with Gasteiger partial charge in [0.05, 0.1) is 17.7 Å². The summed E-state index contributed by atoms with van der Waals surface area (Å²) >= 11 is 0. The number of hydrogen-bond acceptors (Lipinski definition) is 5. The van der Waals surface area contributed by atoms with Crippen molar-refractivity contribution in [1.82, 2.24) is 4.98 Å². The maximum Gasteiger partial charge on any atom is 0.173 e. The molecule has 0 unspecified atom stereocenters. The molecule has 0 aliphatic rings. The van der Waals surface area contributed by atoms with Gasteiger partial charge >= 0.3 is 0 Å². The molecular weight excluding hydrogens is 268 g/mol. The van der Waals surface area contributed by atoms with Crippen molar-refractivity contribution in [3.8, 4) is 0 Å². The molecule has 112 valence electrons. The fraction of sp³-hybridized carbons (Fsp3) is 0.333. The van der Waals surface area contributed by atoms with Crippen molar-refractivity contribution in [1.29, 1.82) is 0 Å². The summed E-state index contributed by atoms with van der Waals surface area (Å²) < 4.78 is 5.36. The van der Waals surface area contributed by atoms with Gasteiger partial charge in [-0.15, -0.1) is 0 Å². The third kappa shape index (κ3) is 3.41. The van der Waals surface area contributed by atoms with Crippen LogP contribution in [-0.2, 0) is 4.74 Å². The lowest BCUT2D eigenvalue weighted by Gasteiger charge is -2.21. The number of fused-ring (bicyclic) bond motifs is 1. The first kappa shape index (κ1) is 15.1. The predicted molar refractivity (Wildman–Crippen MR) is 84.0 cm³/mol. The second kappa shape index (κ2) is 6.90. The minimum Gasteiger partial charge on any atom is -0.409 e. The smallest absolute Gasteiger partial charge is 0.173 e. The fourth-order valence-electron chi connectivity index (χ4n) is 2.09. The molecule has 3 N–H and O–H groups in total. The van der Waals surface area contributed by atoms with Crippen molar-refractivity contribution < 1.29 is 9.94 Å². The van der Waals surface area contributed by atoms with Crippen molar-refractivity contribution in [2.75, 3.05) is 31.7 Å². The molecule has 0 atom stereocenters. The van der Waals surface area contributed by atoms with Crippen molar-refractivity contribution >= 4 is 22.6 Å². The molecular formula is C15H20N4O2. The summed E-state index contributed by atoms with van der Waals surface area (Å²) in [5, 5.41) is 13.0. The maximum atomic E-state index is 8.97. The summed E-state index contributed by atoms with van der Waals surface area (Å²) in [6.07, 6.45) is 0. The molecule has 0 saturated carbocycles. The second-order valence-corrected chi connectivity index (χ2v) is 4.66. The Morgan fingerprint density at radius 2 is 2.19 bits per heavy atom. The van der Waals surface area contributed by atoms with Gasteiger partial charge < -0.3 is 20.6 Å². The number of rotatable bonds is 6. The molecule has 0 aliphatic carbocycles. The Balaban J connectivity index is 2.43. The first-order chi connectivity index (χ1) is 10.2. The van der Waals surface area contributed by atoms with E-state index in [9.17, 15) is 0 Å². The van der Waals surface area contributed by atoms with Crippen LogP contribution in [-0.4, -0.2) is 42.8 Å². The molecule has 0 fully saturated rings. The van der Waals surface area contributed by atoms with Crippen LogP contribution in [0.25, 0.3) is 10.9 Å². The highest BCUT2D eigenvalue weighted by molar-refractivity contribution is 6.04. The van der Waals surface area contributed by atoms with Gasteiger partial charge in [-0.25, -0.2) is 4.98 Å². The first-order valence-electron chi connectivity index (χ1n) is 6.84. The van der Waals surface area contributed by atoms with Gasteiger partial charge in [0.15, 0.2) is 5.84 Å². The van der Waals surface area contributed by atoms with Crippen molar-refractivity contribution in [2.45, 2.75) is 6.92 Å². The Morgan fingerprint density at radius 3 is 2.90 bits per heavy atom. The number of aromatic nitrogens is 1. The van der Waals surface area contributed by atoms with E-state index in [-0.39, 0.29) is 5.84 Å². The van der Waals surface area contributed by atoms with Gasteiger partial charge in [0.1, 0.15) is 5.82 Å². The number of oxime groups is 1. The molecule has 1 heterocycles. The normalized spacial score (nSPS) is 11.8. The zero-order chi connectivity index (χ0) is 15.2. The van der Waals surface area contributed by atoms with Crippen LogP contribution in [0.4, 0.5) is 5.82 Å². The predicted octanol–water partition coefficient (Wildman–Crippen LogP) is 1.80. The molecule has 0 amide bonds.